The molecule has 0 bridgehead atoms. The van der Waals surface area contributed by atoms with E-state index >= 15 is 0 Å². The van der Waals surface area contributed by atoms with Gasteiger partial charge in [0.15, 0.2) is 17.0 Å². The fourth-order valence-electron chi connectivity index (χ4n) is 4.23. The van der Waals surface area contributed by atoms with Crippen LogP contribution >= 0.6 is 0 Å². The molecule has 1 atom stereocenters. The molecule has 0 saturated carbocycles. The quantitative estimate of drug-likeness (QED) is 0.711. The molecule has 1 saturated heterocycles. The summed E-state index contributed by atoms with van der Waals surface area (Å²) in [6.45, 7) is 0.955. The zero-order valence-electron chi connectivity index (χ0n) is 16.0. The number of carbonyl (C=O) groups excluding carboxylic acids is 1. The summed E-state index contributed by atoms with van der Waals surface area (Å²) in [4.78, 5) is 17.0. The van der Waals surface area contributed by atoms with Crippen molar-refractivity contribution in [3.63, 3.8) is 0 Å². The van der Waals surface area contributed by atoms with E-state index < -0.39 is 17.8 Å². The SMILES string of the molecule is O=C(NC[C@H]1CCCO1)c1cc2nc3c(c(C(F)(F)F)n2n1)CCc1ccccc1-3. The number of carbonyl (C=O) groups is 1. The van der Waals surface area contributed by atoms with Crippen LogP contribution in [0.1, 0.15) is 40.2 Å². The minimum atomic E-state index is -4.63. The Bertz CT molecular complexity index is 1130. The molecule has 5 rings (SSSR count). The number of rotatable bonds is 3. The molecule has 1 fully saturated rings. The van der Waals surface area contributed by atoms with Crippen molar-refractivity contribution in [3.05, 3.63) is 52.8 Å². The van der Waals surface area contributed by atoms with Crippen LogP contribution < -0.4 is 5.32 Å². The predicted molar refractivity (Wildman–Crippen MR) is 102 cm³/mol. The third-order valence-electron chi connectivity index (χ3n) is 5.63. The van der Waals surface area contributed by atoms with Crippen molar-refractivity contribution >= 4 is 11.6 Å². The molecule has 2 aliphatic rings. The highest BCUT2D eigenvalue weighted by atomic mass is 19.4. The molecule has 156 valence electrons. The first-order valence-corrected chi connectivity index (χ1v) is 9.90. The number of hydrogen-bond donors (Lipinski definition) is 1. The van der Waals surface area contributed by atoms with Crippen molar-refractivity contribution in [1.29, 1.82) is 0 Å². The van der Waals surface area contributed by atoms with E-state index in [9.17, 15) is 18.0 Å². The highest BCUT2D eigenvalue weighted by Gasteiger charge is 2.40. The lowest BCUT2D eigenvalue weighted by molar-refractivity contribution is -0.143. The Morgan fingerprint density at radius 1 is 1.27 bits per heavy atom. The summed E-state index contributed by atoms with van der Waals surface area (Å²) in [5.41, 5.74) is 1.12. The minimum absolute atomic E-state index is 0.0000412. The molecule has 0 unspecified atom stereocenters. The monoisotopic (exact) mass is 416 g/mol. The highest BCUT2D eigenvalue weighted by molar-refractivity contribution is 5.93. The van der Waals surface area contributed by atoms with E-state index in [1.807, 2.05) is 12.1 Å². The van der Waals surface area contributed by atoms with Gasteiger partial charge in [0.25, 0.3) is 5.91 Å². The maximum absolute atomic E-state index is 14.0. The number of hydrogen-bond acceptors (Lipinski definition) is 4. The first-order chi connectivity index (χ1) is 14.4. The van der Waals surface area contributed by atoms with Crippen molar-refractivity contribution in [2.45, 2.75) is 38.0 Å². The number of benzene rings is 1. The van der Waals surface area contributed by atoms with Gasteiger partial charge in [0, 0.05) is 30.3 Å². The summed E-state index contributed by atoms with van der Waals surface area (Å²) in [5.74, 6) is -0.539. The van der Waals surface area contributed by atoms with Gasteiger partial charge in [-0.15, -0.1) is 0 Å². The van der Waals surface area contributed by atoms with E-state index in [1.165, 1.54) is 6.07 Å². The zero-order chi connectivity index (χ0) is 20.9. The van der Waals surface area contributed by atoms with Crippen molar-refractivity contribution in [2.24, 2.45) is 0 Å². The van der Waals surface area contributed by atoms with Crippen LogP contribution in [0.4, 0.5) is 13.2 Å². The Balaban J connectivity index is 1.59. The maximum Gasteiger partial charge on any atom is 0.433 e. The zero-order valence-corrected chi connectivity index (χ0v) is 16.0. The fourth-order valence-corrected chi connectivity index (χ4v) is 4.23. The summed E-state index contributed by atoms with van der Waals surface area (Å²) in [6, 6.07) is 8.63. The number of nitrogens with zero attached hydrogens (tertiary/aromatic N) is 3. The second kappa shape index (κ2) is 7.09. The van der Waals surface area contributed by atoms with E-state index in [1.54, 1.807) is 12.1 Å². The van der Waals surface area contributed by atoms with E-state index in [2.05, 4.69) is 15.4 Å². The number of ether oxygens (including phenoxy) is 1. The molecule has 1 aliphatic heterocycles. The van der Waals surface area contributed by atoms with Gasteiger partial charge in [0.05, 0.1) is 11.8 Å². The summed E-state index contributed by atoms with van der Waals surface area (Å²) in [7, 11) is 0. The van der Waals surface area contributed by atoms with Crippen molar-refractivity contribution < 1.29 is 22.7 Å². The second-order valence-electron chi connectivity index (χ2n) is 7.59. The average molecular weight is 416 g/mol. The largest absolute Gasteiger partial charge is 0.433 e. The van der Waals surface area contributed by atoms with Crippen LogP contribution in [-0.2, 0) is 23.8 Å². The van der Waals surface area contributed by atoms with Gasteiger partial charge >= 0.3 is 6.18 Å². The molecule has 1 aliphatic carbocycles. The third-order valence-corrected chi connectivity index (χ3v) is 5.63. The molecule has 1 amide bonds. The van der Waals surface area contributed by atoms with Crippen LogP contribution in [0, 0.1) is 0 Å². The Kier molecular flexibility index (Phi) is 4.50. The molecule has 3 aromatic rings. The lowest BCUT2D eigenvalue weighted by Crippen LogP contribution is -2.32. The molecule has 0 radical (unpaired) electrons. The van der Waals surface area contributed by atoms with Crippen LogP contribution in [0.3, 0.4) is 0 Å². The molecule has 9 heteroatoms. The van der Waals surface area contributed by atoms with Crippen LogP contribution in [0.2, 0.25) is 0 Å². The average Bonchev–Trinajstić information content (AvgIpc) is 3.38. The van der Waals surface area contributed by atoms with Crippen LogP contribution in [0.15, 0.2) is 30.3 Å². The third kappa shape index (κ3) is 3.23. The molecule has 1 aromatic carbocycles. The molecular weight excluding hydrogens is 397 g/mol. The van der Waals surface area contributed by atoms with E-state index in [-0.39, 0.29) is 29.4 Å². The Hall–Kier alpha value is -2.94. The van der Waals surface area contributed by atoms with Gasteiger partial charge in [-0.1, -0.05) is 24.3 Å². The molecule has 30 heavy (non-hydrogen) atoms. The number of aryl methyl sites for hydroxylation is 1. The van der Waals surface area contributed by atoms with Crippen LogP contribution in [-0.4, -0.2) is 39.8 Å². The fraction of sp³-hybridized carbons (Fsp3) is 0.381. The summed E-state index contributed by atoms with van der Waals surface area (Å²) >= 11 is 0. The van der Waals surface area contributed by atoms with Gasteiger partial charge in [0.1, 0.15) is 0 Å². The molecule has 3 heterocycles. The van der Waals surface area contributed by atoms with E-state index in [0.717, 1.165) is 22.9 Å². The first-order valence-electron chi connectivity index (χ1n) is 9.90. The number of aromatic nitrogens is 3. The lowest BCUT2D eigenvalue weighted by atomic mass is 9.88. The maximum atomic E-state index is 14.0. The normalized spacial score (nSPS) is 18.3. The summed E-state index contributed by atoms with van der Waals surface area (Å²) < 4.78 is 48.3. The number of amides is 1. The number of fused-ring (bicyclic) bond motifs is 4. The number of nitrogens with one attached hydrogen (secondary N) is 1. The Labute approximate surface area is 170 Å². The predicted octanol–water partition coefficient (Wildman–Crippen LogP) is 3.42. The highest BCUT2D eigenvalue weighted by Crippen LogP contribution is 2.40. The summed E-state index contributed by atoms with van der Waals surface area (Å²) in [6.07, 6.45) is -2.22. The van der Waals surface area contributed by atoms with Crippen molar-refractivity contribution in [3.8, 4) is 11.3 Å². The minimum Gasteiger partial charge on any atom is -0.376 e. The molecule has 6 nitrogen and oxygen atoms in total. The number of halogens is 3. The van der Waals surface area contributed by atoms with Crippen LogP contribution in [0.25, 0.3) is 16.9 Å². The van der Waals surface area contributed by atoms with E-state index in [4.69, 9.17) is 4.74 Å². The smallest absolute Gasteiger partial charge is 0.376 e. The molecule has 2 aromatic heterocycles. The molecule has 0 spiro atoms. The van der Waals surface area contributed by atoms with Gasteiger partial charge in [-0.25, -0.2) is 9.50 Å². The second-order valence-corrected chi connectivity index (χ2v) is 7.59. The lowest BCUT2D eigenvalue weighted by Gasteiger charge is -2.23. The van der Waals surface area contributed by atoms with Gasteiger partial charge in [-0.3, -0.25) is 4.79 Å². The molecular formula is C21H19F3N4O2. The van der Waals surface area contributed by atoms with Gasteiger partial charge in [-0.05, 0) is 31.2 Å². The van der Waals surface area contributed by atoms with Crippen LogP contribution in [0.5, 0.6) is 0 Å². The number of alkyl halides is 3. The Morgan fingerprint density at radius 3 is 2.87 bits per heavy atom. The first kappa shape index (κ1) is 19.0. The van der Waals surface area contributed by atoms with Gasteiger partial charge < -0.3 is 10.1 Å². The van der Waals surface area contributed by atoms with Crippen molar-refractivity contribution in [2.75, 3.05) is 13.2 Å². The van der Waals surface area contributed by atoms with Crippen molar-refractivity contribution in [1.82, 2.24) is 19.9 Å². The van der Waals surface area contributed by atoms with E-state index in [0.29, 0.717) is 30.8 Å². The Morgan fingerprint density at radius 2 is 2.10 bits per heavy atom. The molecule has 1 N–H and O–H groups in total. The topological polar surface area (TPSA) is 68.5 Å². The standard InChI is InChI=1S/C21H19F3N4O2/c22-21(23,24)19-15-8-7-12-4-1-2-6-14(12)18(15)26-17-10-16(27-28(17)19)20(29)25-11-13-5-3-9-30-13/h1-2,4,6,10,13H,3,5,7-9,11H2,(H,25,29)/t13-/m1/s1. The van der Waals surface area contributed by atoms with Gasteiger partial charge in [-0.2, -0.15) is 18.3 Å². The summed E-state index contributed by atoms with van der Waals surface area (Å²) in [5, 5.41) is 6.67. The van der Waals surface area contributed by atoms with Gasteiger partial charge in [0.2, 0.25) is 0 Å².